The van der Waals surface area contributed by atoms with Crippen LogP contribution in [0.2, 0.25) is 0 Å². The Labute approximate surface area is 96.5 Å². The maximum atomic E-state index is 11.5. The van der Waals surface area contributed by atoms with Crippen LogP contribution in [0.25, 0.3) is 5.57 Å². The highest BCUT2D eigenvalue weighted by Crippen LogP contribution is 2.32. The third kappa shape index (κ3) is 2.30. The van der Waals surface area contributed by atoms with E-state index in [1.165, 1.54) is 16.7 Å². The van der Waals surface area contributed by atoms with E-state index >= 15 is 0 Å². The summed E-state index contributed by atoms with van der Waals surface area (Å²) < 4.78 is 0. The minimum Gasteiger partial charge on any atom is -0.299 e. The topological polar surface area (TPSA) is 17.1 Å². The monoisotopic (exact) mass is 212 g/mol. The van der Waals surface area contributed by atoms with E-state index in [4.69, 9.17) is 0 Å². The Balaban J connectivity index is 2.38. The van der Waals surface area contributed by atoms with Crippen molar-refractivity contribution in [1.82, 2.24) is 0 Å². The predicted molar refractivity (Wildman–Crippen MR) is 67.0 cm³/mol. The molecule has 0 radical (unpaired) electrons. The SMILES string of the molecule is C=CCC1=C(c2ccccc2)CCC(=O)C1. The zero-order valence-electron chi connectivity index (χ0n) is 9.41. The molecule has 0 unspecified atom stereocenters. The van der Waals surface area contributed by atoms with E-state index in [0.29, 0.717) is 18.6 Å². The van der Waals surface area contributed by atoms with Crippen LogP contribution in [0.1, 0.15) is 31.2 Å². The van der Waals surface area contributed by atoms with Gasteiger partial charge in [0, 0.05) is 12.8 Å². The van der Waals surface area contributed by atoms with E-state index in [-0.39, 0.29) is 0 Å². The second kappa shape index (κ2) is 4.93. The molecule has 1 nitrogen and oxygen atoms in total. The minimum atomic E-state index is 0.358. The molecule has 0 N–H and O–H groups in total. The molecular formula is C15H16O. The quantitative estimate of drug-likeness (QED) is 0.697. The summed E-state index contributed by atoms with van der Waals surface area (Å²) in [5.74, 6) is 0.358. The van der Waals surface area contributed by atoms with Gasteiger partial charge >= 0.3 is 0 Å². The number of carbonyl (C=O) groups excluding carboxylic acids is 1. The van der Waals surface area contributed by atoms with Crippen molar-refractivity contribution in [3.8, 4) is 0 Å². The number of hydrogen-bond donors (Lipinski definition) is 0. The molecule has 1 heteroatoms. The summed E-state index contributed by atoms with van der Waals surface area (Å²) >= 11 is 0. The van der Waals surface area contributed by atoms with Crippen LogP contribution in [0.3, 0.4) is 0 Å². The first-order valence-electron chi connectivity index (χ1n) is 5.70. The van der Waals surface area contributed by atoms with Crippen molar-refractivity contribution >= 4 is 11.4 Å². The van der Waals surface area contributed by atoms with Gasteiger partial charge in [-0.2, -0.15) is 0 Å². The second-order valence-electron chi connectivity index (χ2n) is 4.16. The Morgan fingerprint density at radius 2 is 1.94 bits per heavy atom. The molecule has 0 aliphatic heterocycles. The van der Waals surface area contributed by atoms with E-state index < -0.39 is 0 Å². The standard InChI is InChI=1S/C15H16O/c1-2-6-13-11-14(16)9-10-15(13)12-7-4-3-5-8-12/h2-5,7-8H,1,6,9-11H2. The fourth-order valence-corrected chi connectivity index (χ4v) is 2.23. The lowest BCUT2D eigenvalue weighted by molar-refractivity contribution is -0.118. The fourth-order valence-electron chi connectivity index (χ4n) is 2.23. The van der Waals surface area contributed by atoms with Gasteiger partial charge in [0.25, 0.3) is 0 Å². The molecule has 1 aliphatic rings. The molecule has 1 aliphatic carbocycles. The summed E-state index contributed by atoms with van der Waals surface area (Å²) in [7, 11) is 0. The highest BCUT2D eigenvalue weighted by molar-refractivity contribution is 5.89. The van der Waals surface area contributed by atoms with Gasteiger partial charge in [0.2, 0.25) is 0 Å². The van der Waals surface area contributed by atoms with Crippen LogP contribution in [0.5, 0.6) is 0 Å². The van der Waals surface area contributed by atoms with Crippen molar-refractivity contribution in [1.29, 1.82) is 0 Å². The van der Waals surface area contributed by atoms with Gasteiger partial charge in [-0.1, -0.05) is 42.0 Å². The normalized spacial score (nSPS) is 16.4. The number of allylic oxidation sites excluding steroid dienone is 3. The molecule has 0 heterocycles. The zero-order chi connectivity index (χ0) is 11.4. The van der Waals surface area contributed by atoms with Crippen LogP contribution in [-0.4, -0.2) is 5.78 Å². The summed E-state index contributed by atoms with van der Waals surface area (Å²) in [4.78, 5) is 11.5. The highest BCUT2D eigenvalue weighted by Gasteiger charge is 2.18. The summed E-state index contributed by atoms with van der Waals surface area (Å²) in [5, 5.41) is 0. The van der Waals surface area contributed by atoms with Crippen molar-refractivity contribution in [3.05, 3.63) is 54.1 Å². The Morgan fingerprint density at radius 3 is 2.62 bits per heavy atom. The van der Waals surface area contributed by atoms with Crippen LogP contribution in [0.15, 0.2) is 48.6 Å². The molecule has 0 amide bonds. The van der Waals surface area contributed by atoms with E-state index in [2.05, 4.69) is 18.7 Å². The number of ketones is 1. The molecule has 82 valence electrons. The average molecular weight is 212 g/mol. The van der Waals surface area contributed by atoms with Gasteiger partial charge in [-0.25, -0.2) is 0 Å². The third-order valence-electron chi connectivity index (χ3n) is 3.00. The van der Waals surface area contributed by atoms with Crippen LogP contribution in [0, 0.1) is 0 Å². The minimum absolute atomic E-state index is 0.358. The van der Waals surface area contributed by atoms with Crippen molar-refractivity contribution in [2.45, 2.75) is 25.7 Å². The molecule has 16 heavy (non-hydrogen) atoms. The van der Waals surface area contributed by atoms with Crippen LogP contribution in [0.4, 0.5) is 0 Å². The van der Waals surface area contributed by atoms with E-state index in [1.54, 1.807) is 0 Å². The van der Waals surface area contributed by atoms with Crippen molar-refractivity contribution in [2.75, 3.05) is 0 Å². The molecule has 0 saturated carbocycles. The van der Waals surface area contributed by atoms with Gasteiger partial charge in [0.15, 0.2) is 0 Å². The summed E-state index contributed by atoms with van der Waals surface area (Å²) in [5.41, 5.74) is 3.85. The highest BCUT2D eigenvalue weighted by atomic mass is 16.1. The van der Waals surface area contributed by atoms with Gasteiger partial charge in [-0.3, -0.25) is 4.79 Å². The molecule has 0 saturated heterocycles. The predicted octanol–water partition coefficient (Wildman–Crippen LogP) is 3.77. The first kappa shape index (κ1) is 10.9. The van der Waals surface area contributed by atoms with Crippen LogP contribution < -0.4 is 0 Å². The first-order valence-corrected chi connectivity index (χ1v) is 5.70. The first-order chi connectivity index (χ1) is 7.81. The smallest absolute Gasteiger partial charge is 0.137 e. The van der Waals surface area contributed by atoms with Gasteiger partial charge in [-0.05, 0) is 24.0 Å². The molecule has 0 spiro atoms. The lowest BCUT2D eigenvalue weighted by Crippen LogP contribution is -2.08. The largest absolute Gasteiger partial charge is 0.299 e. The Kier molecular flexibility index (Phi) is 3.35. The van der Waals surface area contributed by atoms with Crippen LogP contribution in [-0.2, 0) is 4.79 Å². The van der Waals surface area contributed by atoms with E-state index in [0.717, 1.165) is 12.8 Å². The van der Waals surface area contributed by atoms with Crippen molar-refractivity contribution in [2.24, 2.45) is 0 Å². The Bertz CT molecular complexity index is 426. The number of hydrogen-bond acceptors (Lipinski definition) is 1. The average Bonchev–Trinajstić information content (AvgIpc) is 2.31. The molecule has 0 atom stereocenters. The molecule has 1 aromatic rings. The van der Waals surface area contributed by atoms with Gasteiger partial charge in [0.05, 0.1) is 0 Å². The number of rotatable bonds is 3. The fraction of sp³-hybridized carbons (Fsp3) is 0.267. The Morgan fingerprint density at radius 1 is 1.19 bits per heavy atom. The maximum Gasteiger partial charge on any atom is 0.137 e. The lowest BCUT2D eigenvalue weighted by atomic mass is 9.85. The van der Waals surface area contributed by atoms with Gasteiger partial charge < -0.3 is 0 Å². The second-order valence-corrected chi connectivity index (χ2v) is 4.16. The summed E-state index contributed by atoms with van der Waals surface area (Å²) in [6.45, 7) is 3.76. The van der Waals surface area contributed by atoms with Crippen LogP contribution >= 0.6 is 0 Å². The molecule has 1 aromatic carbocycles. The van der Waals surface area contributed by atoms with E-state index in [1.807, 2.05) is 24.3 Å². The van der Waals surface area contributed by atoms with Gasteiger partial charge in [0.1, 0.15) is 5.78 Å². The van der Waals surface area contributed by atoms with Gasteiger partial charge in [-0.15, -0.1) is 6.58 Å². The Hall–Kier alpha value is -1.63. The molecule has 0 fully saturated rings. The van der Waals surface area contributed by atoms with Crippen molar-refractivity contribution in [3.63, 3.8) is 0 Å². The summed E-state index contributed by atoms with van der Waals surface area (Å²) in [6, 6.07) is 10.3. The number of benzene rings is 1. The molecule has 0 aromatic heterocycles. The third-order valence-corrected chi connectivity index (χ3v) is 3.00. The van der Waals surface area contributed by atoms with Crippen molar-refractivity contribution < 1.29 is 4.79 Å². The summed E-state index contributed by atoms with van der Waals surface area (Å²) in [6.07, 6.45) is 4.89. The zero-order valence-corrected chi connectivity index (χ0v) is 9.41. The molecular weight excluding hydrogens is 196 g/mol. The molecule has 0 bridgehead atoms. The number of carbonyl (C=O) groups is 1. The number of Topliss-reactive ketones (excluding diaryl/α,β-unsaturated/α-hetero) is 1. The van der Waals surface area contributed by atoms with E-state index in [9.17, 15) is 4.79 Å². The maximum absolute atomic E-state index is 11.5. The molecule has 2 rings (SSSR count). The lowest BCUT2D eigenvalue weighted by Gasteiger charge is -2.19.